The quantitative estimate of drug-likeness (QED) is 0.241. The van der Waals surface area contributed by atoms with Gasteiger partial charge in [-0.1, -0.05) is 47.5 Å². The number of piperazine rings is 1. The zero-order valence-electron chi connectivity index (χ0n) is 21.6. The number of nitro benzene ring substituents is 1. The summed E-state index contributed by atoms with van der Waals surface area (Å²) >= 11 is 13.9. The average molecular weight is 604 g/mol. The lowest BCUT2D eigenvalue weighted by molar-refractivity contribution is -0.384. The topological polar surface area (TPSA) is 113 Å². The summed E-state index contributed by atoms with van der Waals surface area (Å²) in [5.41, 5.74) is 1.64. The largest absolute Gasteiger partial charge is 0.356 e. The first-order chi connectivity index (χ1) is 19.2. The standard InChI is InChI=1S/C28H28Cl2N4O5S/c29-21-6-5-20(24(30)16-21)10-13-32-18-27(36)33(14-11-23-2-1-15-40-23)25(28(32)37)17-26(35)31-12-9-19-3-7-22(8-4-19)34(38)39/h1-8,15-16,25H,9-14,17-18H2,(H,31,35). The first-order valence-corrected chi connectivity index (χ1v) is 14.4. The molecule has 0 saturated carbocycles. The minimum Gasteiger partial charge on any atom is -0.356 e. The van der Waals surface area contributed by atoms with E-state index in [1.165, 1.54) is 21.9 Å². The van der Waals surface area contributed by atoms with E-state index in [4.69, 9.17) is 23.2 Å². The van der Waals surface area contributed by atoms with Gasteiger partial charge in [0, 0.05) is 46.7 Å². The first-order valence-electron chi connectivity index (χ1n) is 12.8. The lowest BCUT2D eigenvalue weighted by Crippen LogP contribution is -2.61. The Labute approximate surface area is 245 Å². The van der Waals surface area contributed by atoms with E-state index >= 15 is 0 Å². The third-order valence-electron chi connectivity index (χ3n) is 6.73. The number of benzene rings is 2. The Morgan fingerprint density at radius 2 is 1.82 bits per heavy atom. The molecule has 12 heteroatoms. The number of rotatable bonds is 12. The van der Waals surface area contributed by atoms with Crippen LogP contribution in [-0.2, 0) is 33.6 Å². The number of nitro groups is 1. The second-order valence-electron chi connectivity index (χ2n) is 9.41. The SMILES string of the molecule is O=C(CC1C(=O)N(CCc2ccc(Cl)cc2Cl)CC(=O)N1CCc1cccs1)NCCc1ccc([N+](=O)[O-])cc1. The number of non-ortho nitro benzene ring substituents is 1. The number of carbonyl (C=O) groups is 3. The lowest BCUT2D eigenvalue weighted by atomic mass is 10.0. The molecule has 1 unspecified atom stereocenters. The van der Waals surface area contributed by atoms with Crippen molar-refractivity contribution in [3.63, 3.8) is 0 Å². The van der Waals surface area contributed by atoms with E-state index in [9.17, 15) is 24.5 Å². The maximum atomic E-state index is 13.6. The van der Waals surface area contributed by atoms with Crippen LogP contribution in [0, 0.1) is 10.1 Å². The van der Waals surface area contributed by atoms with Crippen LogP contribution in [0.3, 0.4) is 0 Å². The fraction of sp³-hybridized carbons (Fsp3) is 0.321. The molecule has 3 amide bonds. The van der Waals surface area contributed by atoms with Crippen LogP contribution in [0.1, 0.15) is 22.4 Å². The average Bonchev–Trinajstić information content (AvgIpc) is 3.44. The third-order valence-corrected chi connectivity index (χ3v) is 8.25. The molecular formula is C28H28Cl2N4O5S. The van der Waals surface area contributed by atoms with Crippen LogP contribution in [0.2, 0.25) is 10.0 Å². The minimum atomic E-state index is -0.915. The van der Waals surface area contributed by atoms with Gasteiger partial charge in [-0.15, -0.1) is 11.3 Å². The Bertz CT molecular complexity index is 1370. The predicted octanol–water partition coefficient (Wildman–Crippen LogP) is 4.54. The van der Waals surface area contributed by atoms with Crippen LogP contribution in [0.5, 0.6) is 0 Å². The summed E-state index contributed by atoms with van der Waals surface area (Å²) in [4.78, 5) is 54.1. The summed E-state index contributed by atoms with van der Waals surface area (Å²) in [6.07, 6.45) is 1.35. The normalized spacial score (nSPS) is 15.4. The highest BCUT2D eigenvalue weighted by Crippen LogP contribution is 2.23. The highest BCUT2D eigenvalue weighted by Gasteiger charge is 2.40. The number of carbonyl (C=O) groups excluding carboxylic acids is 3. The molecule has 9 nitrogen and oxygen atoms in total. The van der Waals surface area contributed by atoms with Crippen LogP contribution in [0.15, 0.2) is 60.0 Å². The third kappa shape index (κ3) is 7.80. The van der Waals surface area contributed by atoms with Gasteiger partial charge in [0.1, 0.15) is 6.04 Å². The van der Waals surface area contributed by atoms with Crippen molar-refractivity contribution >= 4 is 57.9 Å². The molecule has 0 spiro atoms. The van der Waals surface area contributed by atoms with Crippen molar-refractivity contribution in [2.45, 2.75) is 31.7 Å². The van der Waals surface area contributed by atoms with Crippen LogP contribution < -0.4 is 5.32 Å². The summed E-state index contributed by atoms with van der Waals surface area (Å²) in [6, 6.07) is 14.3. The monoisotopic (exact) mass is 602 g/mol. The van der Waals surface area contributed by atoms with Crippen molar-refractivity contribution in [1.29, 1.82) is 0 Å². The maximum Gasteiger partial charge on any atom is 0.269 e. The van der Waals surface area contributed by atoms with E-state index in [2.05, 4.69) is 5.32 Å². The summed E-state index contributed by atoms with van der Waals surface area (Å²) in [7, 11) is 0. The molecule has 1 saturated heterocycles. The highest BCUT2D eigenvalue weighted by atomic mass is 35.5. The zero-order chi connectivity index (χ0) is 28.6. The van der Waals surface area contributed by atoms with E-state index in [0.29, 0.717) is 42.4 Å². The molecule has 2 heterocycles. The maximum absolute atomic E-state index is 13.6. The van der Waals surface area contributed by atoms with Gasteiger partial charge in [0.2, 0.25) is 17.7 Å². The molecule has 1 fully saturated rings. The Morgan fingerprint density at radius 1 is 1.05 bits per heavy atom. The number of nitrogens with one attached hydrogen (secondary N) is 1. The van der Waals surface area contributed by atoms with Crippen molar-refractivity contribution in [1.82, 2.24) is 15.1 Å². The molecule has 2 aromatic carbocycles. The molecule has 3 aromatic rings. The molecule has 0 bridgehead atoms. The van der Waals surface area contributed by atoms with Gasteiger partial charge in [-0.05, 0) is 54.0 Å². The second-order valence-corrected chi connectivity index (χ2v) is 11.3. The van der Waals surface area contributed by atoms with Crippen molar-refractivity contribution < 1.29 is 19.3 Å². The summed E-state index contributed by atoms with van der Waals surface area (Å²) in [6.45, 7) is 0.845. The van der Waals surface area contributed by atoms with E-state index in [0.717, 1.165) is 16.0 Å². The van der Waals surface area contributed by atoms with E-state index in [-0.39, 0.29) is 42.9 Å². The number of thiophene rings is 1. The molecule has 0 radical (unpaired) electrons. The van der Waals surface area contributed by atoms with E-state index < -0.39 is 11.0 Å². The van der Waals surface area contributed by atoms with Gasteiger partial charge in [0.25, 0.3) is 5.69 Å². The van der Waals surface area contributed by atoms with Crippen LogP contribution in [0.4, 0.5) is 5.69 Å². The molecule has 1 N–H and O–H groups in total. The second kappa shape index (κ2) is 13.7. The van der Waals surface area contributed by atoms with E-state index in [1.807, 2.05) is 17.5 Å². The molecule has 1 aromatic heterocycles. The molecule has 4 rings (SSSR count). The van der Waals surface area contributed by atoms with Crippen LogP contribution in [-0.4, -0.2) is 64.7 Å². The van der Waals surface area contributed by atoms with Gasteiger partial charge >= 0.3 is 0 Å². The van der Waals surface area contributed by atoms with E-state index in [1.54, 1.807) is 41.7 Å². The van der Waals surface area contributed by atoms with Gasteiger partial charge in [0.05, 0.1) is 17.9 Å². The number of nitrogens with zero attached hydrogens (tertiary/aromatic N) is 3. The number of halogens is 2. The number of hydrogen-bond acceptors (Lipinski definition) is 6. The predicted molar refractivity (Wildman–Crippen MR) is 155 cm³/mol. The van der Waals surface area contributed by atoms with Crippen molar-refractivity contribution in [2.75, 3.05) is 26.2 Å². The van der Waals surface area contributed by atoms with Gasteiger partial charge in [-0.2, -0.15) is 0 Å². The summed E-state index contributed by atoms with van der Waals surface area (Å²) in [5, 5.41) is 16.6. The van der Waals surface area contributed by atoms with Crippen molar-refractivity contribution in [3.8, 4) is 0 Å². The fourth-order valence-electron chi connectivity index (χ4n) is 4.56. The molecule has 1 aliphatic heterocycles. The van der Waals surface area contributed by atoms with Gasteiger partial charge < -0.3 is 15.1 Å². The minimum absolute atomic E-state index is 0.00112. The van der Waals surface area contributed by atoms with Crippen LogP contribution >= 0.6 is 34.5 Å². The zero-order valence-corrected chi connectivity index (χ0v) is 23.9. The molecule has 1 atom stereocenters. The first kappa shape index (κ1) is 29.5. The molecule has 1 aliphatic rings. The molecule has 40 heavy (non-hydrogen) atoms. The number of hydrogen-bond donors (Lipinski definition) is 1. The Morgan fingerprint density at radius 3 is 2.50 bits per heavy atom. The fourth-order valence-corrected chi connectivity index (χ4v) is 5.76. The van der Waals surface area contributed by atoms with Gasteiger partial charge in [0.15, 0.2) is 0 Å². The molecule has 0 aliphatic carbocycles. The lowest BCUT2D eigenvalue weighted by Gasteiger charge is -2.40. The molecule has 210 valence electrons. The Kier molecular flexibility index (Phi) is 10.1. The van der Waals surface area contributed by atoms with Crippen LogP contribution in [0.25, 0.3) is 0 Å². The molecular weight excluding hydrogens is 575 g/mol. The number of amides is 3. The van der Waals surface area contributed by atoms with Crippen molar-refractivity contribution in [3.05, 3.63) is 96.1 Å². The highest BCUT2D eigenvalue weighted by molar-refractivity contribution is 7.09. The van der Waals surface area contributed by atoms with Gasteiger partial charge in [-0.25, -0.2) is 0 Å². The van der Waals surface area contributed by atoms with Gasteiger partial charge in [-0.3, -0.25) is 24.5 Å². The Hall–Kier alpha value is -3.47. The summed E-state index contributed by atoms with van der Waals surface area (Å²) in [5.74, 6) is -0.833. The summed E-state index contributed by atoms with van der Waals surface area (Å²) < 4.78 is 0. The van der Waals surface area contributed by atoms with Crippen molar-refractivity contribution in [2.24, 2.45) is 0 Å². The smallest absolute Gasteiger partial charge is 0.269 e. The Balaban J connectivity index is 1.39.